The summed E-state index contributed by atoms with van der Waals surface area (Å²) in [5, 5.41) is 5.65. The van der Waals surface area contributed by atoms with Crippen molar-refractivity contribution in [3.8, 4) is 0 Å². The molecule has 14 heavy (non-hydrogen) atoms. The molecule has 0 aliphatic rings. The van der Waals surface area contributed by atoms with Gasteiger partial charge in [-0.1, -0.05) is 0 Å². The van der Waals surface area contributed by atoms with Crippen LogP contribution in [0.4, 0.5) is 0 Å². The molecule has 4 heteroatoms. The van der Waals surface area contributed by atoms with E-state index in [1.807, 2.05) is 19.1 Å². The van der Waals surface area contributed by atoms with E-state index in [2.05, 4.69) is 10.6 Å². The molecule has 0 aliphatic heterocycles. The molecule has 78 valence electrons. The first-order chi connectivity index (χ1) is 6.72. The number of carbonyl (C=O) groups excluding carboxylic acids is 1. The Morgan fingerprint density at radius 2 is 2.43 bits per heavy atom. The zero-order valence-corrected chi connectivity index (χ0v) is 8.54. The molecule has 0 saturated carbocycles. The molecule has 0 aromatic carbocycles. The maximum Gasteiger partial charge on any atom is 0.234 e. The average Bonchev–Trinajstić information content (AvgIpc) is 2.56. The molecule has 1 atom stereocenters. The Kier molecular flexibility index (Phi) is 4.19. The fourth-order valence-electron chi connectivity index (χ4n) is 1.27. The molecule has 1 aromatic rings. The van der Waals surface area contributed by atoms with Crippen molar-refractivity contribution in [3.05, 3.63) is 24.2 Å². The zero-order valence-electron chi connectivity index (χ0n) is 8.54. The molecule has 4 nitrogen and oxygen atoms in total. The van der Waals surface area contributed by atoms with Gasteiger partial charge in [-0.05, 0) is 26.1 Å². The van der Waals surface area contributed by atoms with Crippen molar-refractivity contribution in [1.29, 1.82) is 0 Å². The van der Waals surface area contributed by atoms with E-state index in [0.29, 0.717) is 6.54 Å². The quantitative estimate of drug-likeness (QED) is 0.723. The molecule has 0 spiro atoms. The van der Waals surface area contributed by atoms with Crippen LogP contribution in [0.25, 0.3) is 0 Å². The highest BCUT2D eigenvalue weighted by Gasteiger charge is 2.08. The Bertz CT molecular complexity index is 270. The third kappa shape index (κ3) is 3.62. The SMILES string of the molecule is CNCC(=O)NC(C)Cc1ccco1. The number of rotatable bonds is 5. The Labute approximate surface area is 83.7 Å². The lowest BCUT2D eigenvalue weighted by Gasteiger charge is -2.11. The van der Waals surface area contributed by atoms with Crippen LogP contribution in [0, 0.1) is 0 Å². The van der Waals surface area contributed by atoms with Gasteiger partial charge in [-0.25, -0.2) is 0 Å². The van der Waals surface area contributed by atoms with E-state index in [0.717, 1.165) is 12.2 Å². The van der Waals surface area contributed by atoms with Crippen LogP contribution in [0.1, 0.15) is 12.7 Å². The summed E-state index contributed by atoms with van der Waals surface area (Å²) < 4.78 is 5.18. The molecule has 1 rings (SSSR count). The van der Waals surface area contributed by atoms with Crippen molar-refractivity contribution >= 4 is 5.91 Å². The summed E-state index contributed by atoms with van der Waals surface area (Å²) in [4.78, 5) is 11.2. The normalized spacial score (nSPS) is 12.4. The Morgan fingerprint density at radius 1 is 1.64 bits per heavy atom. The number of carbonyl (C=O) groups is 1. The van der Waals surface area contributed by atoms with Gasteiger partial charge in [0.2, 0.25) is 5.91 Å². The number of nitrogens with one attached hydrogen (secondary N) is 2. The monoisotopic (exact) mass is 196 g/mol. The first kappa shape index (κ1) is 10.8. The Hall–Kier alpha value is -1.29. The van der Waals surface area contributed by atoms with Gasteiger partial charge in [0.25, 0.3) is 0 Å². The first-order valence-electron chi connectivity index (χ1n) is 4.68. The van der Waals surface area contributed by atoms with Gasteiger partial charge >= 0.3 is 0 Å². The molecule has 1 heterocycles. The summed E-state index contributed by atoms with van der Waals surface area (Å²) in [5.41, 5.74) is 0. The van der Waals surface area contributed by atoms with Crippen molar-refractivity contribution in [2.75, 3.05) is 13.6 Å². The molecule has 0 bridgehead atoms. The Morgan fingerprint density at radius 3 is 3.00 bits per heavy atom. The van der Waals surface area contributed by atoms with E-state index >= 15 is 0 Å². The highest BCUT2D eigenvalue weighted by Crippen LogP contribution is 2.03. The van der Waals surface area contributed by atoms with E-state index in [9.17, 15) is 4.79 Å². The van der Waals surface area contributed by atoms with Crippen molar-refractivity contribution < 1.29 is 9.21 Å². The van der Waals surface area contributed by atoms with Crippen LogP contribution in [0.2, 0.25) is 0 Å². The van der Waals surface area contributed by atoms with Gasteiger partial charge in [0.1, 0.15) is 5.76 Å². The van der Waals surface area contributed by atoms with Crippen LogP contribution in [0.15, 0.2) is 22.8 Å². The van der Waals surface area contributed by atoms with Gasteiger partial charge in [-0.15, -0.1) is 0 Å². The topological polar surface area (TPSA) is 54.3 Å². The highest BCUT2D eigenvalue weighted by molar-refractivity contribution is 5.78. The third-order valence-corrected chi connectivity index (χ3v) is 1.83. The van der Waals surface area contributed by atoms with Gasteiger partial charge in [0.15, 0.2) is 0 Å². The molecular formula is C10H16N2O2. The minimum Gasteiger partial charge on any atom is -0.469 e. The number of hydrogen-bond donors (Lipinski definition) is 2. The van der Waals surface area contributed by atoms with E-state index in [4.69, 9.17) is 4.42 Å². The summed E-state index contributed by atoms with van der Waals surface area (Å²) in [6.45, 7) is 2.30. The summed E-state index contributed by atoms with van der Waals surface area (Å²) in [7, 11) is 1.75. The molecule has 2 N–H and O–H groups in total. The molecule has 0 aliphatic carbocycles. The molecule has 1 unspecified atom stereocenters. The minimum absolute atomic E-state index is 0.00607. The lowest BCUT2D eigenvalue weighted by molar-refractivity contribution is -0.120. The first-order valence-corrected chi connectivity index (χ1v) is 4.68. The maximum absolute atomic E-state index is 11.2. The van der Waals surface area contributed by atoms with Gasteiger partial charge in [0.05, 0.1) is 12.8 Å². The van der Waals surface area contributed by atoms with Gasteiger partial charge in [-0.3, -0.25) is 4.79 Å². The zero-order chi connectivity index (χ0) is 10.4. The summed E-state index contributed by atoms with van der Waals surface area (Å²) in [5.74, 6) is 0.897. The largest absolute Gasteiger partial charge is 0.469 e. The van der Waals surface area contributed by atoms with E-state index < -0.39 is 0 Å². The third-order valence-electron chi connectivity index (χ3n) is 1.83. The smallest absolute Gasteiger partial charge is 0.234 e. The van der Waals surface area contributed by atoms with Crippen molar-refractivity contribution in [1.82, 2.24) is 10.6 Å². The van der Waals surface area contributed by atoms with Gasteiger partial charge < -0.3 is 15.1 Å². The summed E-state index contributed by atoms with van der Waals surface area (Å²) in [6, 6.07) is 3.85. The van der Waals surface area contributed by atoms with Crippen molar-refractivity contribution in [2.45, 2.75) is 19.4 Å². The maximum atomic E-state index is 11.2. The molecule has 0 saturated heterocycles. The van der Waals surface area contributed by atoms with Crippen LogP contribution in [0.5, 0.6) is 0 Å². The Balaban J connectivity index is 2.29. The fraction of sp³-hybridized carbons (Fsp3) is 0.500. The predicted molar refractivity (Wildman–Crippen MR) is 53.9 cm³/mol. The molecule has 0 fully saturated rings. The van der Waals surface area contributed by atoms with E-state index in [1.54, 1.807) is 13.3 Å². The average molecular weight is 196 g/mol. The van der Waals surface area contributed by atoms with Gasteiger partial charge in [-0.2, -0.15) is 0 Å². The number of furan rings is 1. The number of hydrogen-bond acceptors (Lipinski definition) is 3. The van der Waals surface area contributed by atoms with Crippen LogP contribution in [0.3, 0.4) is 0 Å². The minimum atomic E-state index is 0.00607. The molecule has 1 amide bonds. The van der Waals surface area contributed by atoms with Crippen LogP contribution >= 0.6 is 0 Å². The van der Waals surface area contributed by atoms with Crippen LogP contribution in [-0.2, 0) is 11.2 Å². The van der Waals surface area contributed by atoms with Crippen molar-refractivity contribution in [2.24, 2.45) is 0 Å². The molecule has 0 radical (unpaired) electrons. The molecule has 1 aromatic heterocycles. The predicted octanol–water partition coefficient (Wildman–Crippen LogP) is 0.546. The van der Waals surface area contributed by atoms with Gasteiger partial charge in [0, 0.05) is 12.5 Å². The number of amides is 1. The fourth-order valence-corrected chi connectivity index (χ4v) is 1.27. The summed E-state index contributed by atoms with van der Waals surface area (Å²) >= 11 is 0. The molecular weight excluding hydrogens is 180 g/mol. The van der Waals surface area contributed by atoms with E-state index in [1.165, 1.54) is 0 Å². The van der Waals surface area contributed by atoms with Crippen molar-refractivity contribution in [3.63, 3.8) is 0 Å². The second-order valence-corrected chi connectivity index (χ2v) is 3.28. The second-order valence-electron chi connectivity index (χ2n) is 3.28. The highest BCUT2D eigenvalue weighted by atomic mass is 16.3. The number of likely N-dealkylation sites (N-methyl/N-ethyl adjacent to an activating group) is 1. The van der Waals surface area contributed by atoms with E-state index in [-0.39, 0.29) is 11.9 Å². The van der Waals surface area contributed by atoms with Crippen LogP contribution in [-0.4, -0.2) is 25.5 Å². The standard InChI is InChI=1S/C10H16N2O2/c1-8(12-10(13)7-11-2)6-9-4-3-5-14-9/h3-5,8,11H,6-7H2,1-2H3,(H,12,13). The lowest BCUT2D eigenvalue weighted by atomic mass is 10.2. The summed E-state index contributed by atoms with van der Waals surface area (Å²) in [6.07, 6.45) is 2.36. The van der Waals surface area contributed by atoms with Crippen LogP contribution < -0.4 is 10.6 Å². The second kappa shape index (κ2) is 5.44. The lowest BCUT2D eigenvalue weighted by Crippen LogP contribution is -2.39.